The Morgan fingerprint density at radius 1 is 1.04 bits per heavy atom. The van der Waals surface area contributed by atoms with Gasteiger partial charge < -0.3 is 14.4 Å². The van der Waals surface area contributed by atoms with Crippen LogP contribution in [-0.4, -0.2) is 96.4 Å². The lowest BCUT2D eigenvalue weighted by molar-refractivity contribution is -0.144. The lowest BCUT2D eigenvalue weighted by Gasteiger charge is -2.36. The molecule has 0 bridgehead atoms. The molecule has 0 saturated carbocycles. The van der Waals surface area contributed by atoms with Crippen LogP contribution in [0, 0.1) is 0 Å². The predicted molar refractivity (Wildman–Crippen MR) is 104 cm³/mol. The Labute approximate surface area is 165 Å². The van der Waals surface area contributed by atoms with Crippen molar-refractivity contribution in [1.82, 2.24) is 14.7 Å². The minimum atomic E-state index is -0.561. The standard InChI is InChI=1S/C18H27N3O5S/c1-3-9-25-16(22)13-19-5-7-20(8-6-19)17(23)15-11-14(27)12-21(15)18(24)26-10-4-2/h3-4,14-15,27H,1-2,5-13H2/t14-,15-/m0/s1. The molecule has 150 valence electrons. The highest BCUT2D eigenvalue weighted by Crippen LogP contribution is 2.25. The van der Waals surface area contributed by atoms with Gasteiger partial charge in [-0.2, -0.15) is 12.6 Å². The summed E-state index contributed by atoms with van der Waals surface area (Å²) in [6, 6.07) is -0.561. The molecule has 8 nitrogen and oxygen atoms in total. The Bertz CT molecular complexity index is 577. The Morgan fingerprint density at radius 3 is 2.30 bits per heavy atom. The van der Waals surface area contributed by atoms with Gasteiger partial charge in [0, 0.05) is 38.0 Å². The van der Waals surface area contributed by atoms with Crippen molar-refractivity contribution >= 4 is 30.6 Å². The van der Waals surface area contributed by atoms with Gasteiger partial charge in [-0.05, 0) is 6.42 Å². The van der Waals surface area contributed by atoms with Crippen LogP contribution in [0.15, 0.2) is 25.3 Å². The highest BCUT2D eigenvalue weighted by atomic mass is 32.1. The molecule has 2 saturated heterocycles. The highest BCUT2D eigenvalue weighted by Gasteiger charge is 2.41. The number of hydrogen-bond donors (Lipinski definition) is 1. The van der Waals surface area contributed by atoms with E-state index in [2.05, 4.69) is 25.8 Å². The number of carbonyl (C=O) groups excluding carboxylic acids is 3. The van der Waals surface area contributed by atoms with Gasteiger partial charge in [0.25, 0.3) is 0 Å². The lowest BCUT2D eigenvalue weighted by atomic mass is 10.1. The van der Waals surface area contributed by atoms with Gasteiger partial charge in [-0.1, -0.05) is 25.3 Å². The van der Waals surface area contributed by atoms with Gasteiger partial charge in [-0.15, -0.1) is 0 Å². The molecule has 2 amide bonds. The van der Waals surface area contributed by atoms with Crippen LogP contribution in [0.25, 0.3) is 0 Å². The number of nitrogens with zero attached hydrogens (tertiary/aromatic N) is 3. The second-order valence-electron chi connectivity index (χ2n) is 6.50. The van der Waals surface area contributed by atoms with Crippen molar-refractivity contribution in [2.75, 3.05) is 52.5 Å². The number of rotatable bonds is 7. The Balaban J connectivity index is 1.86. The van der Waals surface area contributed by atoms with E-state index in [9.17, 15) is 14.4 Å². The molecule has 27 heavy (non-hydrogen) atoms. The third-order valence-electron chi connectivity index (χ3n) is 4.52. The molecule has 0 aromatic heterocycles. The Morgan fingerprint density at radius 2 is 1.67 bits per heavy atom. The molecule has 0 aromatic carbocycles. The number of amides is 2. The maximum Gasteiger partial charge on any atom is 0.410 e. The fourth-order valence-corrected chi connectivity index (χ4v) is 3.56. The largest absolute Gasteiger partial charge is 0.461 e. The quantitative estimate of drug-likeness (QED) is 0.384. The van der Waals surface area contributed by atoms with Crippen molar-refractivity contribution < 1.29 is 23.9 Å². The number of carbonyl (C=O) groups is 3. The second-order valence-corrected chi connectivity index (χ2v) is 7.23. The summed E-state index contributed by atoms with van der Waals surface area (Å²) in [5.74, 6) is -0.407. The molecule has 0 aromatic rings. The van der Waals surface area contributed by atoms with Crippen LogP contribution in [0.5, 0.6) is 0 Å². The zero-order valence-corrected chi connectivity index (χ0v) is 16.3. The molecule has 0 radical (unpaired) electrons. The summed E-state index contributed by atoms with van der Waals surface area (Å²) in [6.45, 7) is 10.0. The van der Waals surface area contributed by atoms with E-state index in [4.69, 9.17) is 9.47 Å². The summed E-state index contributed by atoms with van der Waals surface area (Å²) in [4.78, 5) is 41.9. The number of piperazine rings is 1. The molecule has 0 N–H and O–H groups in total. The molecule has 0 spiro atoms. The monoisotopic (exact) mass is 397 g/mol. The molecule has 0 unspecified atom stereocenters. The van der Waals surface area contributed by atoms with Crippen molar-refractivity contribution in [3.8, 4) is 0 Å². The fourth-order valence-electron chi connectivity index (χ4n) is 3.18. The van der Waals surface area contributed by atoms with Gasteiger partial charge in [0.2, 0.25) is 5.91 Å². The first-order valence-corrected chi connectivity index (χ1v) is 9.48. The van der Waals surface area contributed by atoms with Crippen molar-refractivity contribution in [1.29, 1.82) is 0 Å². The van der Waals surface area contributed by atoms with Gasteiger partial charge >= 0.3 is 12.1 Å². The van der Waals surface area contributed by atoms with Gasteiger partial charge in [-0.3, -0.25) is 19.4 Å². The van der Waals surface area contributed by atoms with Gasteiger partial charge in [0.15, 0.2) is 0 Å². The van der Waals surface area contributed by atoms with Gasteiger partial charge in [0.05, 0.1) is 6.54 Å². The number of thiol groups is 1. The van der Waals surface area contributed by atoms with Crippen LogP contribution in [0.3, 0.4) is 0 Å². The van der Waals surface area contributed by atoms with E-state index in [0.29, 0.717) is 39.1 Å². The van der Waals surface area contributed by atoms with Crippen molar-refractivity contribution in [2.45, 2.75) is 17.7 Å². The van der Waals surface area contributed by atoms with E-state index in [-0.39, 0.29) is 36.9 Å². The maximum absolute atomic E-state index is 12.9. The van der Waals surface area contributed by atoms with E-state index in [0.717, 1.165) is 0 Å². The minimum absolute atomic E-state index is 0.0591. The third-order valence-corrected chi connectivity index (χ3v) is 4.90. The van der Waals surface area contributed by atoms with Crippen LogP contribution in [0.4, 0.5) is 4.79 Å². The molecule has 0 aliphatic carbocycles. The zero-order chi connectivity index (χ0) is 19.8. The van der Waals surface area contributed by atoms with E-state index in [1.807, 2.05) is 4.90 Å². The van der Waals surface area contributed by atoms with E-state index in [1.54, 1.807) is 4.90 Å². The van der Waals surface area contributed by atoms with Crippen LogP contribution in [0.1, 0.15) is 6.42 Å². The summed E-state index contributed by atoms with van der Waals surface area (Å²) in [7, 11) is 0. The minimum Gasteiger partial charge on any atom is -0.461 e. The summed E-state index contributed by atoms with van der Waals surface area (Å²) >= 11 is 4.43. The first-order chi connectivity index (χ1) is 13.0. The molecular weight excluding hydrogens is 370 g/mol. The molecule has 9 heteroatoms. The Kier molecular flexibility index (Phi) is 8.18. The van der Waals surface area contributed by atoms with Crippen LogP contribution in [0.2, 0.25) is 0 Å². The van der Waals surface area contributed by atoms with Crippen molar-refractivity contribution in [3.05, 3.63) is 25.3 Å². The average Bonchev–Trinajstić information content (AvgIpc) is 3.06. The molecule has 2 aliphatic heterocycles. The number of hydrogen-bond acceptors (Lipinski definition) is 7. The Hall–Kier alpha value is -2.00. The zero-order valence-electron chi connectivity index (χ0n) is 15.4. The first kappa shape index (κ1) is 21.3. The smallest absolute Gasteiger partial charge is 0.410 e. The van der Waals surface area contributed by atoms with Crippen molar-refractivity contribution in [2.24, 2.45) is 0 Å². The number of esters is 1. The topological polar surface area (TPSA) is 79.4 Å². The average molecular weight is 397 g/mol. The van der Waals surface area contributed by atoms with Crippen molar-refractivity contribution in [3.63, 3.8) is 0 Å². The van der Waals surface area contributed by atoms with E-state index in [1.165, 1.54) is 17.1 Å². The molecule has 2 rings (SSSR count). The fraction of sp³-hybridized carbons (Fsp3) is 0.611. The van der Waals surface area contributed by atoms with Gasteiger partial charge in [0.1, 0.15) is 19.3 Å². The third kappa shape index (κ3) is 6.00. The highest BCUT2D eigenvalue weighted by molar-refractivity contribution is 7.81. The molecule has 2 fully saturated rings. The lowest BCUT2D eigenvalue weighted by Crippen LogP contribution is -2.55. The van der Waals surface area contributed by atoms with E-state index < -0.39 is 12.1 Å². The number of ether oxygens (including phenoxy) is 2. The second kappa shape index (κ2) is 10.4. The number of likely N-dealkylation sites (tertiary alicyclic amines) is 1. The summed E-state index contributed by atoms with van der Waals surface area (Å²) < 4.78 is 10.1. The predicted octanol–water partition coefficient (Wildman–Crippen LogP) is 0.555. The summed E-state index contributed by atoms with van der Waals surface area (Å²) in [6.07, 6.45) is 2.99. The molecule has 2 atom stereocenters. The van der Waals surface area contributed by atoms with Crippen LogP contribution < -0.4 is 0 Å². The molecule has 2 aliphatic rings. The maximum atomic E-state index is 12.9. The molecular formula is C18H27N3O5S. The molecule has 2 heterocycles. The SMILES string of the molecule is C=CCOC(=O)CN1CCN(C(=O)[C@@H]2C[C@H](S)CN2C(=O)OCC=C)CC1. The van der Waals surface area contributed by atoms with Gasteiger partial charge in [-0.25, -0.2) is 4.79 Å². The summed E-state index contributed by atoms with van der Waals surface area (Å²) in [5, 5.41) is -0.0591. The summed E-state index contributed by atoms with van der Waals surface area (Å²) in [5.41, 5.74) is 0. The van der Waals surface area contributed by atoms with Crippen LogP contribution >= 0.6 is 12.6 Å². The normalized spacial score (nSPS) is 23.0. The van der Waals surface area contributed by atoms with E-state index >= 15 is 0 Å². The first-order valence-electron chi connectivity index (χ1n) is 8.96. The van der Waals surface area contributed by atoms with Crippen LogP contribution in [-0.2, 0) is 19.1 Å².